The van der Waals surface area contributed by atoms with E-state index in [1.54, 1.807) is 19.1 Å². The molecule has 0 saturated heterocycles. The molecule has 0 spiro atoms. The van der Waals surface area contributed by atoms with Gasteiger partial charge in [-0.05, 0) is 47.7 Å². The van der Waals surface area contributed by atoms with Gasteiger partial charge in [-0.3, -0.25) is 4.79 Å². The van der Waals surface area contributed by atoms with E-state index in [1.807, 2.05) is 22.6 Å². The van der Waals surface area contributed by atoms with Crippen molar-refractivity contribution in [3.8, 4) is 0 Å². The van der Waals surface area contributed by atoms with E-state index in [9.17, 15) is 14.7 Å². The topological polar surface area (TPSA) is 112 Å². The second kappa shape index (κ2) is 5.31. The van der Waals surface area contributed by atoms with Crippen molar-refractivity contribution in [3.63, 3.8) is 0 Å². The van der Waals surface area contributed by atoms with E-state index in [0.717, 1.165) is 3.57 Å². The molecule has 0 saturated carbocycles. The van der Waals surface area contributed by atoms with Crippen molar-refractivity contribution in [1.29, 1.82) is 0 Å². The van der Waals surface area contributed by atoms with Crippen molar-refractivity contribution in [2.24, 2.45) is 0 Å². The molecule has 1 heterocycles. The van der Waals surface area contributed by atoms with E-state index in [1.165, 1.54) is 6.07 Å². The first kappa shape index (κ1) is 14.6. The summed E-state index contributed by atoms with van der Waals surface area (Å²) in [5.74, 6) is -1.92. The van der Waals surface area contributed by atoms with Crippen LogP contribution in [0.2, 0.25) is 0 Å². The molecule has 1 amide bonds. The van der Waals surface area contributed by atoms with Gasteiger partial charge in [0, 0.05) is 14.8 Å². The van der Waals surface area contributed by atoms with Gasteiger partial charge in [-0.25, -0.2) is 4.79 Å². The summed E-state index contributed by atoms with van der Waals surface area (Å²) >= 11 is 2.00. The zero-order valence-corrected chi connectivity index (χ0v) is 12.5. The van der Waals surface area contributed by atoms with Crippen LogP contribution in [-0.2, 0) is 19.9 Å². The molecular weight excluding hydrogens is 377 g/mol. The summed E-state index contributed by atoms with van der Waals surface area (Å²) in [5, 5.41) is 13.0. The number of hydrogen-bond donors (Lipinski definition) is 2. The minimum absolute atomic E-state index is 0.0226. The van der Waals surface area contributed by atoms with E-state index in [2.05, 4.69) is 10.1 Å². The molecule has 104 valence electrons. The number of esters is 1. The molecule has 1 aromatic rings. The van der Waals surface area contributed by atoms with Gasteiger partial charge in [-0.1, -0.05) is 0 Å². The van der Waals surface area contributed by atoms with Crippen molar-refractivity contribution in [2.45, 2.75) is 12.5 Å². The fraction of sp³-hybridized carbons (Fsp3) is 0.250. The number of carbonyl (C=O) groups excluding carboxylic acids is 2. The second-order valence-electron chi connectivity index (χ2n) is 4.02. The minimum Gasteiger partial charge on any atom is -0.457 e. The third-order valence-corrected chi connectivity index (χ3v) is 3.53. The lowest BCUT2D eigenvalue weighted by Gasteiger charge is -2.14. The lowest BCUT2D eigenvalue weighted by atomic mass is 9.90. The number of benzene rings is 1. The highest BCUT2D eigenvalue weighted by molar-refractivity contribution is 14.1. The van der Waals surface area contributed by atoms with E-state index >= 15 is 0 Å². The third-order valence-electron chi connectivity index (χ3n) is 2.86. The smallest absolute Gasteiger partial charge is 0.421 e. The van der Waals surface area contributed by atoms with Crippen LogP contribution in [0.3, 0.4) is 0 Å². The largest absolute Gasteiger partial charge is 0.457 e. The number of ether oxygens (including phenoxy) is 1. The number of carbonyl (C=O) groups is 2. The molecule has 8 heteroatoms. The molecule has 1 unspecified atom stereocenters. The summed E-state index contributed by atoms with van der Waals surface area (Å²) in [4.78, 5) is 26.5. The Morgan fingerprint density at radius 3 is 2.90 bits per heavy atom. The van der Waals surface area contributed by atoms with Crippen LogP contribution in [0.4, 0.5) is 5.69 Å². The first-order valence-electron chi connectivity index (χ1n) is 5.68. The summed E-state index contributed by atoms with van der Waals surface area (Å²) in [5.41, 5.74) is 6.38. The molecule has 0 fully saturated rings. The Hall–Kier alpha value is -1.77. The molecule has 2 rings (SSSR count). The van der Waals surface area contributed by atoms with Gasteiger partial charge in [0.25, 0.3) is 11.5 Å². The van der Waals surface area contributed by atoms with Gasteiger partial charge in [0.2, 0.25) is 0 Å². The van der Waals surface area contributed by atoms with Gasteiger partial charge in [0.1, 0.15) is 0 Å². The average molecular weight is 387 g/mol. The maximum absolute atomic E-state index is 12.0. The Bertz CT molecular complexity index is 654. The fourth-order valence-corrected chi connectivity index (χ4v) is 2.45. The van der Waals surface area contributed by atoms with E-state index in [-0.39, 0.29) is 12.2 Å². The number of fused-ring (bicyclic) bond motifs is 1. The Balaban J connectivity index is 2.60. The van der Waals surface area contributed by atoms with E-state index < -0.39 is 23.2 Å². The summed E-state index contributed by atoms with van der Waals surface area (Å²) in [6.07, 6.45) is 0. The first-order valence-corrected chi connectivity index (χ1v) is 6.76. The summed E-state index contributed by atoms with van der Waals surface area (Å²) in [7, 11) is 0. The Kier molecular flexibility index (Phi) is 3.89. The fourth-order valence-electron chi connectivity index (χ4n) is 1.96. The van der Waals surface area contributed by atoms with Crippen LogP contribution < -0.4 is 5.32 Å². The van der Waals surface area contributed by atoms with Gasteiger partial charge in [-0.2, -0.15) is 4.79 Å². The standard InChI is InChI=1S/C12H10IN3O4/c1-2-20-10(17)9(16-14)12(19)7-5-6(13)3-4-8(7)15-11(12)18/h3-5,19H,2H2,1H3,(H,15,18). The lowest BCUT2D eigenvalue weighted by molar-refractivity contribution is -0.147. The van der Waals surface area contributed by atoms with Crippen LogP contribution in [0.1, 0.15) is 12.5 Å². The molecule has 0 aliphatic carbocycles. The summed E-state index contributed by atoms with van der Waals surface area (Å²) in [6, 6.07) is 4.84. The number of halogens is 1. The van der Waals surface area contributed by atoms with Gasteiger partial charge >= 0.3 is 11.7 Å². The quantitative estimate of drug-likeness (QED) is 0.261. The molecule has 20 heavy (non-hydrogen) atoms. The van der Waals surface area contributed by atoms with E-state index in [0.29, 0.717) is 5.69 Å². The predicted octanol–water partition coefficient (Wildman–Crippen LogP) is 0.665. The SMILES string of the molecule is CCOC(=O)C(=[N+]=[N-])C1(O)C(=O)Nc2ccc(I)cc21. The number of hydrogen-bond acceptors (Lipinski definition) is 4. The zero-order chi connectivity index (χ0) is 14.9. The number of nitrogens with zero attached hydrogens (tertiary/aromatic N) is 2. The van der Waals surface area contributed by atoms with Gasteiger partial charge in [0.15, 0.2) is 0 Å². The maximum Gasteiger partial charge on any atom is 0.421 e. The third kappa shape index (κ3) is 2.11. The maximum atomic E-state index is 12.0. The number of amides is 1. The van der Waals surface area contributed by atoms with Gasteiger partial charge in [0.05, 0.1) is 6.61 Å². The molecular formula is C12H10IN3O4. The molecule has 7 nitrogen and oxygen atoms in total. The zero-order valence-electron chi connectivity index (χ0n) is 10.4. The van der Waals surface area contributed by atoms with E-state index in [4.69, 9.17) is 10.3 Å². The molecule has 1 aliphatic rings. The van der Waals surface area contributed by atoms with Crippen molar-refractivity contribution in [3.05, 3.63) is 32.9 Å². The predicted molar refractivity (Wildman–Crippen MR) is 76.9 cm³/mol. The molecule has 0 radical (unpaired) electrons. The van der Waals surface area contributed by atoms with Crippen LogP contribution >= 0.6 is 22.6 Å². The summed E-state index contributed by atoms with van der Waals surface area (Å²) in [6.45, 7) is 1.58. The molecule has 2 N–H and O–H groups in total. The Morgan fingerprint density at radius 1 is 1.60 bits per heavy atom. The van der Waals surface area contributed by atoms with Gasteiger partial charge in [-0.15, -0.1) is 0 Å². The Morgan fingerprint density at radius 2 is 2.30 bits per heavy atom. The highest BCUT2D eigenvalue weighted by Gasteiger charge is 2.59. The van der Waals surface area contributed by atoms with Crippen LogP contribution in [0.25, 0.3) is 5.53 Å². The van der Waals surface area contributed by atoms with Crippen molar-refractivity contribution in [1.82, 2.24) is 0 Å². The Labute approximate surface area is 127 Å². The number of anilines is 1. The monoisotopic (exact) mass is 387 g/mol. The minimum atomic E-state index is -2.36. The second-order valence-corrected chi connectivity index (χ2v) is 5.27. The van der Waals surface area contributed by atoms with Crippen molar-refractivity contribution in [2.75, 3.05) is 11.9 Å². The van der Waals surface area contributed by atoms with Crippen LogP contribution in [-0.4, -0.2) is 34.1 Å². The van der Waals surface area contributed by atoms with Gasteiger partial charge < -0.3 is 20.7 Å². The highest BCUT2D eigenvalue weighted by atomic mass is 127. The van der Waals surface area contributed by atoms with Crippen molar-refractivity contribution < 1.29 is 24.2 Å². The van der Waals surface area contributed by atoms with Crippen LogP contribution in [0.5, 0.6) is 0 Å². The lowest BCUT2D eigenvalue weighted by Crippen LogP contribution is -2.47. The van der Waals surface area contributed by atoms with Crippen LogP contribution in [0.15, 0.2) is 18.2 Å². The number of aliphatic hydroxyl groups is 1. The molecule has 0 aromatic heterocycles. The number of rotatable bonds is 3. The van der Waals surface area contributed by atoms with Crippen LogP contribution in [0, 0.1) is 3.57 Å². The molecule has 1 atom stereocenters. The summed E-state index contributed by atoms with van der Waals surface area (Å²) < 4.78 is 5.44. The highest BCUT2D eigenvalue weighted by Crippen LogP contribution is 2.37. The molecule has 1 aromatic carbocycles. The first-order chi connectivity index (χ1) is 9.44. The normalized spacial score (nSPS) is 19.9. The molecule has 1 aliphatic heterocycles. The number of nitrogens with one attached hydrogen (secondary N) is 1. The average Bonchev–Trinajstić information content (AvgIpc) is 2.64. The van der Waals surface area contributed by atoms with Crippen molar-refractivity contribution >= 4 is 45.9 Å². The molecule has 0 bridgehead atoms.